The number of aliphatic hydroxyl groups is 1. The second kappa shape index (κ2) is 6.47. The third kappa shape index (κ3) is 4.72. The van der Waals surface area contributed by atoms with Gasteiger partial charge in [0.05, 0.1) is 6.54 Å². The Morgan fingerprint density at radius 1 is 1.44 bits per heavy atom. The number of carbonyl (C=O) groups is 1. The first-order chi connectivity index (χ1) is 7.55. The van der Waals surface area contributed by atoms with Crippen molar-refractivity contribution < 1.29 is 9.90 Å². The molecule has 0 radical (unpaired) electrons. The van der Waals surface area contributed by atoms with Crippen LogP contribution in [0, 0.1) is 5.41 Å². The lowest BCUT2D eigenvalue weighted by Crippen LogP contribution is -2.44. The number of rotatable bonds is 5. The van der Waals surface area contributed by atoms with Gasteiger partial charge in [0.25, 0.3) is 0 Å². The van der Waals surface area contributed by atoms with Crippen LogP contribution in [0.25, 0.3) is 0 Å². The fourth-order valence-corrected chi connectivity index (χ4v) is 2.39. The highest BCUT2D eigenvalue weighted by atomic mass is 32.2. The van der Waals surface area contributed by atoms with E-state index in [1.165, 1.54) is 0 Å². The van der Waals surface area contributed by atoms with E-state index in [-0.39, 0.29) is 17.9 Å². The summed E-state index contributed by atoms with van der Waals surface area (Å²) in [6.45, 7) is 6.87. The summed E-state index contributed by atoms with van der Waals surface area (Å²) >= 11 is 1.90. The molecule has 5 heteroatoms. The van der Waals surface area contributed by atoms with Gasteiger partial charge < -0.3 is 15.3 Å². The SMILES string of the molecule is CC(C)(CO)CNCC(=O)N1CCSCC1. The molecule has 0 aromatic carbocycles. The Balaban J connectivity index is 2.19. The highest BCUT2D eigenvalue weighted by molar-refractivity contribution is 7.99. The third-order valence-corrected chi connectivity index (χ3v) is 3.61. The van der Waals surface area contributed by atoms with Crippen LogP contribution < -0.4 is 5.32 Å². The lowest BCUT2D eigenvalue weighted by Gasteiger charge is -2.27. The largest absolute Gasteiger partial charge is 0.396 e. The number of hydrogen-bond acceptors (Lipinski definition) is 4. The summed E-state index contributed by atoms with van der Waals surface area (Å²) in [5.74, 6) is 2.27. The molecule has 0 aromatic heterocycles. The molecule has 1 aliphatic heterocycles. The Hall–Kier alpha value is -0.260. The van der Waals surface area contributed by atoms with Crippen molar-refractivity contribution in [1.29, 1.82) is 0 Å². The molecular formula is C11H22N2O2S. The molecular weight excluding hydrogens is 224 g/mol. The number of amides is 1. The van der Waals surface area contributed by atoms with Crippen LogP contribution in [0.2, 0.25) is 0 Å². The predicted octanol–water partition coefficient (Wildman–Crippen LogP) is 0.170. The van der Waals surface area contributed by atoms with E-state index in [4.69, 9.17) is 5.11 Å². The van der Waals surface area contributed by atoms with Gasteiger partial charge in [-0.3, -0.25) is 4.79 Å². The molecule has 0 atom stereocenters. The molecule has 2 N–H and O–H groups in total. The second-order valence-electron chi connectivity index (χ2n) is 4.92. The highest BCUT2D eigenvalue weighted by Crippen LogP contribution is 2.11. The fourth-order valence-electron chi connectivity index (χ4n) is 1.49. The maximum atomic E-state index is 11.8. The Kier molecular flexibility index (Phi) is 5.58. The van der Waals surface area contributed by atoms with Crippen LogP contribution in [0.15, 0.2) is 0 Å². The van der Waals surface area contributed by atoms with Crippen molar-refractivity contribution in [3.63, 3.8) is 0 Å². The van der Waals surface area contributed by atoms with Crippen LogP contribution in [0.3, 0.4) is 0 Å². The summed E-state index contributed by atoms with van der Waals surface area (Å²) < 4.78 is 0. The number of carbonyl (C=O) groups excluding carboxylic acids is 1. The third-order valence-electron chi connectivity index (χ3n) is 2.67. The van der Waals surface area contributed by atoms with Gasteiger partial charge in [-0.05, 0) is 0 Å². The number of nitrogens with one attached hydrogen (secondary N) is 1. The minimum Gasteiger partial charge on any atom is -0.396 e. The summed E-state index contributed by atoms with van der Waals surface area (Å²) in [5.41, 5.74) is -0.155. The molecule has 1 fully saturated rings. The maximum Gasteiger partial charge on any atom is 0.236 e. The summed E-state index contributed by atoms with van der Waals surface area (Å²) in [5, 5.41) is 12.2. The normalized spacial score (nSPS) is 17.6. The topological polar surface area (TPSA) is 52.6 Å². The molecule has 1 heterocycles. The van der Waals surface area contributed by atoms with Gasteiger partial charge in [0.1, 0.15) is 0 Å². The van der Waals surface area contributed by atoms with Gasteiger partial charge in [-0.2, -0.15) is 11.8 Å². The maximum absolute atomic E-state index is 11.8. The molecule has 0 aromatic rings. The first-order valence-electron chi connectivity index (χ1n) is 5.72. The van der Waals surface area contributed by atoms with Crippen molar-refractivity contribution in [2.45, 2.75) is 13.8 Å². The van der Waals surface area contributed by atoms with Gasteiger partial charge in [-0.15, -0.1) is 0 Å². The zero-order valence-corrected chi connectivity index (χ0v) is 11.0. The molecule has 1 amide bonds. The molecule has 1 aliphatic rings. The van der Waals surface area contributed by atoms with Gasteiger partial charge in [0.15, 0.2) is 0 Å². The van der Waals surface area contributed by atoms with E-state index in [0.29, 0.717) is 13.1 Å². The second-order valence-corrected chi connectivity index (χ2v) is 6.14. The zero-order valence-electron chi connectivity index (χ0n) is 10.2. The van der Waals surface area contributed by atoms with E-state index in [9.17, 15) is 4.79 Å². The van der Waals surface area contributed by atoms with Crippen molar-refractivity contribution >= 4 is 17.7 Å². The number of aliphatic hydroxyl groups excluding tert-OH is 1. The Morgan fingerprint density at radius 2 is 2.06 bits per heavy atom. The molecule has 0 unspecified atom stereocenters. The average molecular weight is 246 g/mol. The van der Waals surface area contributed by atoms with E-state index in [0.717, 1.165) is 24.6 Å². The molecule has 1 saturated heterocycles. The minimum absolute atomic E-state index is 0.133. The van der Waals surface area contributed by atoms with Crippen molar-refractivity contribution in [2.75, 3.05) is 44.3 Å². The van der Waals surface area contributed by atoms with Gasteiger partial charge in [-0.1, -0.05) is 13.8 Å². The summed E-state index contributed by atoms with van der Waals surface area (Å²) in [6.07, 6.45) is 0. The molecule has 0 bridgehead atoms. The first-order valence-corrected chi connectivity index (χ1v) is 6.88. The van der Waals surface area contributed by atoms with Crippen molar-refractivity contribution in [3.05, 3.63) is 0 Å². The van der Waals surface area contributed by atoms with Crippen LogP contribution >= 0.6 is 11.8 Å². The van der Waals surface area contributed by atoms with E-state index >= 15 is 0 Å². The van der Waals surface area contributed by atoms with E-state index in [1.54, 1.807) is 0 Å². The molecule has 0 saturated carbocycles. The fraction of sp³-hybridized carbons (Fsp3) is 0.909. The summed E-state index contributed by atoms with van der Waals surface area (Å²) in [4.78, 5) is 13.7. The van der Waals surface area contributed by atoms with Gasteiger partial charge in [0, 0.05) is 43.2 Å². The van der Waals surface area contributed by atoms with Crippen LogP contribution in [0.5, 0.6) is 0 Å². The van der Waals surface area contributed by atoms with Crippen molar-refractivity contribution in [3.8, 4) is 0 Å². The van der Waals surface area contributed by atoms with Crippen LogP contribution in [-0.4, -0.2) is 60.2 Å². The summed E-state index contributed by atoms with van der Waals surface area (Å²) in [6, 6.07) is 0. The molecule has 16 heavy (non-hydrogen) atoms. The monoisotopic (exact) mass is 246 g/mol. The van der Waals surface area contributed by atoms with E-state index in [1.807, 2.05) is 30.5 Å². The van der Waals surface area contributed by atoms with Crippen molar-refractivity contribution in [1.82, 2.24) is 10.2 Å². The highest BCUT2D eigenvalue weighted by Gasteiger charge is 2.19. The van der Waals surface area contributed by atoms with E-state index in [2.05, 4.69) is 5.32 Å². The molecule has 4 nitrogen and oxygen atoms in total. The lowest BCUT2D eigenvalue weighted by atomic mass is 9.95. The first kappa shape index (κ1) is 13.8. The van der Waals surface area contributed by atoms with Crippen LogP contribution in [-0.2, 0) is 4.79 Å². The van der Waals surface area contributed by atoms with Crippen molar-refractivity contribution in [2.24, 2.45) is 5.41 Å². The molecule has 94 valence electrons. The van der Waals surface area contributed by atoms with Gasteiger partial charge >= 0.3 is 0 Å². The van der Waals surface area contributed by atoms with Gasteiger partial charge in [-0.25, -0.2) is 0 Å². The molecule has 0 aliphatic carbocycles. The number of nitrogens with zero attached hydrogens (tertiary/aromatic N) is 1. The standard InChI is InChI=1S/C11H22N2O2S/c1-11(2,9-14)8-12-7-10(15)13-3-5-16-6-4-13/h12,14H,3-9H2,1-2H3. The quantitative estimate of drug-likeness (QED) is 0.726. The Bertz CT molecular complexity index is 228. The Labute approximate surface area is 102 Å². The zero-order chi connectivity index (χ0) is 12.0. The average Bonchev–Trinajstić information content (AvgIpc) is 2.30. The Morgan fingerprint density at radius 3 is 2.62 bits per heavy atom. The lowest BCUT2D eigenvalue weighted by molar-refractivity contribution is -0.129. The number of hydrogen-bond donors (Lipinski definition) is 2. The van der Waals surface area contributed by atoms with Crippen LogP contribution in [0.4, 0.5) is 0 Å². The van der Waals surface area contributed by atoms with Crippen LogP contribution in [0.1, 0.15) is 13.8 Å². The van der Waals surface area contributed by atoms with E-state index < -0.39 is 0 Å². The molecule has 0 spiro atoms. The predicted molar refractivity (Wildman–Crippen MR) is 67.6 cm³/mol. The van der Waals surface area contributed by atoms with Gasteiger partial charge in [0.2, 0.25) is 5.91 Å². The summed E-state index contributed by atoms with van der Waals surface area (Å²) in [7, 11) is 0. The minimum atomic E-state index is -0.155. The number of thioether (sulfide) groups is 1. The smallest absolute Gasteiger partial charge is 0.236 e. The molecule has 1 rings (SSSR count).